The molecule has 4 aliphatic rings. The Hall–Kier alpha value is -0.730. The van der Waals surface area contributed by atoms with Gasteiger partial charge in [0.15, 0.2) is 0 Å². The Kier molecular flexibility index (Phi) is 4.08. The maximum absolute atomic E-state index is 6.30. The summed E-state index contributed by atoms with van der Waals surface area (Å²) in [5, 5.41) is 4.59. The molecular formula is C19H26ClNO. The van der Waals surface area contributed by atoms with E-state index in [1.165, 1.54) is 37.7 Å². The number of benzene rings is 1. The fourth-order valence-electron chi connectivity index (χ4n) is 5.42. The van der Waals surface area contributed by atoms with Crippen LogP contribution in [-0.2, 0) is 6.54 Å². The molecule has 0 amide bonds. The maximum Gasteiger partial charge on any atom is 0.137 e. The summed E-state index contributed by atoms with van der Waals surface area (Å²) in [5.41, 5.74) is 1.27. The third kappa shape index (κ3) is 2.76. The molecule has 0 saturated heterocycles. The van der Waals surface area contributed by atoms with Gasteiger partial charge in [-0.2, -0.15) is 0 Å². The van der Waals surface area contributed by atoms with Crippen molar-refractivity contribution in [3.8, 4) is 5.75 Å². The lowest BCUT2D eigenvalue weighted by atomic mass is 9.54. The van der Waals surface area contributed by atoms with Crippen LogP contribution >= 0.6 is 11.6 Å². The second-order valence-corrected chi connectivity index (χ2v) is 7.94. The molecule has 0 aromatic heterocycles. The van der Waals surface area contributed by atoms with Gasteiger partial charge in [0.1, 0.15) is 5.75 Å². The lowest BCUT2D eigenvalue weighted by Crippen LogP contribution is -2.54. The lowest BCUT2D eigenvalue weighted by Gasteiger charge is -2.54. The van der Waals surface area contributed by atoms with Crippen molar-refractivity contribution < 1.29 is 4.74 Å². The van der Waals surface area contributed by atoms with Crippen LogP contribution < -0.4 is 10.1 Å². The Morgan fingerprint density at radius 2 is 1.77 bits per heavy atom. The van der Waals surface area contributed by atoms with Gasteiger partial charge in [-0.15, -0.1) is 0 Å². The molecule has 1 aromatic rings. The van der Waals surface area contributed by atoms with Crippen molar-refractivity contribution in [1.82, 2.24) is 5.32 Å². The average Bonchev–Trinajstić information content (AvgIpc) is 2.48. The van der Waals surface area contributed by atoms with Crippen LogP contribution in [0.15, 0.2) is 18.2 Å². The monoisotopic (exact) mass is 319 g/mol. The third-order valence-electron chi connectivity index (χ3n) is 6.06. The second kappa shape index (κ2) is 6.05. The SMILES string of the molecule is CCOc1ccc(CNC2C3CC4CC(C3)CC2C4)cc1Cl. The first-order valence-electron chi connectivity index (χ1n) is 8.87. The number of rotatable bonds is 5. The van der Waals surface area contributed by atoms with Gasteiger partial charge >= 0.3 is 0 Å². The molecule has 1 N–H and O–H groups in total. The van der Waals surface area contributed by atoms with Gasteiger partial charge < -0.3 is 10.1 Å². The summed E-state index contributed by atoms with van der Waals surface area (Å²) in [6.07, 6.45) is 7.39. The predicted octanol–water partition coefficient (Wildman–Crippen LogP) is 4.65. The van der Waals surface area contributed by atoms with Crippen molar-refractivity contribution in [3.05, 3.63) is 28.8 Å². The largest absolute Gasteiger partial charge is 0.492 e. The van der Waals surface area contributed by atoms with Gasteiger partial charge in [-0.25, -0.2) is 0 Å². The van der Waals surface area contributed by atoms with E-state index in [4.69, 9.17) is 16.3 Å². The van der Waals surface area contributed by atoms with Gasteiger partial charge in [0.2, 0.25) is 0 Å². The first-order chi connectivity index (χ1) is 10.7. The molecule has 1 aromatic carbocycles. The number of hydrogen-bond donors (Lipinski definition) is 1. The highest BCUT2D eigenvalue weighted by Crippen LogP contribution is 2.53. The molecule has 0 unspecified atom stereocenters. The van der Waals surface area contributed by atoms with Gasteiger partial charge in [0, 0.05) is 12.6 Å². The van der Waals surface area contributed by atoms with Gasteiger partial charge in [-0.3, -0.25) is 0 Å². The second-order valence-electron chi connectivity index (χ2n) is 7.54. The molecule has 4 aliphatic carbocycles. The highest BCUT2D eigenvalue weighted by atomic mass is 35.5. The van der Waals surface area contributed by atoms with Crippen molar-refractivity contribution in [1.29, 1.82) is 0 Å². The number of hydrogen-bond acceptors (Lipinski definition) is 2. The predicted molar refractivity (Wildman–Crippen MR) is 90.3 cm³/mol. The minimum Gasteiger partial charge on any atom is -0.492 e. The van der Waals surface area contributed by atoms with Crippen molar-refractivity contribution in [3.63, 3.8) is 0 Å². The van der Waals surface area contributed by atoms with Crippen LogP contribution in [0.2, 0.25) is 5.02 Å². The van der Waals surface area contributed by atoms with Gasteiger partial charge in [0.05, 0.1) is 11.6 Å². The molecule has 120 valence electrons. The Morgan fingerprint density at radius 1 is 1.09 bits per heavy atom. The summed E-state index contributed by atoms with van der Waals surface area (Å²) < 4.78 is 5.51. The zero-order valence-electron chi connectivity index (χ0n) is 13.4. The highest BCUT2D eigenvalue weighted by Gasteiger charge is 2.47. The summed E-state index contributed by atoms with van der Waals surface area (Å²) in [6, 6.07) is 6.92. The van der Waals surface area contributed by atoms with E-state index >= 15 is 0 Å². The van der Waals surface area contributed by atoms with E-state index < -0.39 is 0 Å². The van der Waals surface area contributed by atoms with Crippen LogP contribution in [0.3, 0.4) is 0 Å². The summed E-state index contributed by atoms with van der Waals surface area (Å²) in [4.78, 5) is 0. The van der Waals surface area contributed by atoms with E-state index in [2.05, 4.69) is 17.4 Å². The van der Waals surface area contributed by atoms with E-state index in [0.717, 1.165) is 47.0 Å². The van der Waals surface area contributed by atoms with E-state index in [1.54, 1.807) is 0 Å². The van der Waals surface area contributed by atoms with Crippen LogP contribution in [-0.4, -0.2) is 12.6 Å². The molecule has 4 fully saturated rings. The minimum absolute atomic E-state index is 0.658. The average molecular weight is 320 g/mol. The molecule has 0 spiro atoms. The normalized spacial score (nSPS) is 35.8. The zero-order valence-corrected chi connectivity index (χ0v) is 14.1. The van der Waals surface area contributed by atoms with Crippen molar-refractivity contribution in [2.75, 3.05) is 6.61 Å². The maximum atomic E-state index is 6.30. The number of ether oxygens (including phenoxy) is 1. The van der Waals surface area contributed by atoms with E-state index in [-0.39, 0.29) is 0 Å². The van der Waals surface area contributed by atoms with Crippen LogP contribution in [0.4, 0.5) is 0 Å². The van der Waals surface area contributed by atoms with Gasteiger partial charge in [-0.1, -0.05) is 17.7 Å². The van der Waals surface area contributed by atoms with E-state index in [9.17, 15) is 0 Å². The van der Waals surface area contributed by atoms with E-state index in [1.807, 2.05) is 13.0 Å². The van der Waals surface area contributed by atoms with Gasteiger partial charge in [0.25, 0.3) is 0 Å². The summed E-state index contributed by atoms with van der Waals surface area (Å²) >= 11 is 6.30. The molecule has 3 heteroatoms. The summed E-state index contributed by atoms with van der Waals surface area (Å²) in [7, 11) is 0. The first kappa shape index (κ1) is 14.8. The van der Waals surface area contributed by atoms with Crippen LogP contribution in [0, 0.1) is 23.7 Å². The van der Waals surface area contributed by atoms with Crippen LogP contribution in [0.5, 0.6) is 5.75 Å². The minimum atomic E-state index is 0.658. The molecule has 0 heterocycles. The number of halogens is 1. The molecule has 4 saturated carbocycles. The topological polar surface area (TPSA) is 21.3 Å². The van der Waals surface area contributed by atoms with Crippen LogP contribution in [0.1, 0.15) is 44.6 Å². The molecule has 22 heavy (non-hydrogen) atoms. The quantitative estimate of drug-likeness (QED) is 0.852. The number of nitrogens with one attached hydrogen (secondary N) is 1. The third-order valence-corrected chi connectivity index (χ3v) is 6.36. The van der Waals surface area contributed by atoms with Gasteiger partial charge in [-0.05, 0) is 80.4 Å². The first-order valence-corrected chi connectivity index (χ1v) is 9.25. The fraction of sp³-hybridized carbons (Fsp3) is 0.684. The molecule has 4 bridgehead atoms. The molecule has 2 nitrogen and oxygen atoms in total. The zero-order chi connectivity index (χ0) is 15.1. The smallest absolute Gasteiger partial charge is 0.137 e. The van der Waals surface area contributed by atoms with Crippen molar-refractivity contribution in [2.45, 2.75) is 51.6 Å². The summed E-state index contributed by atoms with van der Waals surface area (Å²) in [5.74, 6) is 4.73. The Bertz CT molecular complexity index is 516. The lowest BCUT2D eigenvalue weighted by molar-refractivity contribution is -0.0142. The molecular weight excluding hydrogens is 294 g/mol. The summed E-state index contributed by atoms with van der Waals surface area (Å²) in [6.45, 7) is 3.57. The van der Waals surface area contributed by atoms with E-state index in [0.29, 0.717) is 6.61 Å². The molecule has 0 radical (unpaired) electrons. The van der Waals surface area contributed by atoms with Crippen molar-refractivity contribution >= 4 is 11.6 Å². The standard InChI is InChI=1S/C19H26ClNO/c1-2-22-18-4-3-12(10-17(18)20)11-21-19-15-6-13-5-14(8-15)9-16(19)7-13/h3-4,10,13-16,19,21H,2,5-9,11H2,1H3. The molecule has 0 aliphatic heterocycles. The Morgan fingerprint density at radius 3 is 2.36 bits per heavy atom. The highest BCUT2D eigenvalue weighted by molar-refractivity contribution is 6.32. The molecule has 5 rings (SSSR count). The molecule has 0 atom stereocenters. The van der Waals surface area contributed by atoms with Crippen LogP contribution in [0.25, 0.3) is 0 Å². The van der Waals surface area contributed by atoms with Crippen molar-refractivity contribution in [2.24, 2.45) is 23.7 Å². The Balaban J connectivity index is 1.39. The fourth-order valence-corrected chi connectivity index (χ4v) is 5.68. The Labute approximate surface area is 138 Å².